The van der Waals surface area contributed by atoms with Crippen molar-refractivity contribution in [2.75, 3.05) is 6.54 Å². The van der Waals surface area contributed by atoms with E-state index in [0.29, 0.717) is 6.54 Å². The van der Waals surface area contributed by atoms with E-state index < -0.39 is 5.97 Å². The van der Waals surface area contributed by atoms with Crippen molar-refractivity contribution in [3.05, 3.63) is 0 Å². The topological polar surface area (TPSA) is 69.6 Å². The average molecular weight is 228 g/mol. The van der Waals surface area contributed by atoms with Gasteiger partial charge in [0, 0.05) is 18.1 Å². The number of carbonyl (C=O) groups is 2. The quantitative estimate of drug-likeness (QED) is 0.748. The Morgan fingerprint density at radius 2 is 2.06 bits per heavy atom. The van der Waals surface area contributed by atoms with Crippen LogP contribution >= 0.6 is 0 Å². The van der Waals surface area contributed by atoms with E-state index in [9.17, 15) is 9.59 Å². The molecule has 0 aromatic carbocycles. The summed E-state index contributed by atoms with van der Waals surface area (Å²) in [6.45, 7) is 6.14. The van der Waals surface area contributed by atoms with Crippen molar-refractivity contribution in [2.24, 2.45) is 0 Å². The standard InChI is InChI=1S/C11H20N2O3/c1-4-13(8(2)7-9(14)15)10(16)12-11(3)5-6-11/h8H,4-7H2,1-3H3,(H,12,16)(H,14,15). The van der Waals surface area contributed by atoms with E-state index in [1.165, 1.54) is 0 Å². The van der Waals surface area contributed by atoms with Crippen LogP contribution in [0, 0.1) is 0 Å². The van der Waals surface area contributed by atoms with Crippen LogP contribution in [0.5, 0.6) is 0 Å². The molecule has 1 aliphatic carbocycles. The van der Waals surface area contributed by atoms with Gasteiger partial charge in [-0.05, 0) is 33.6 Å². The SMILES string of the molecule is CCN(C(=O)NC1(C)CC1)C(C)CC(=O)O. The first-order valence-corrected chi connectivity index (χ1v) is 5.68. The van der Waals surface area contributed by atoms with Crippen LogP contribution in [-0.4, -0.2) is 40.1 Å². The van der Waals surface area contributed by atoms with Crippen molar-refractivity contribution in [3.8, 4) is 0 Å². The number of carbonyl (C=O) groups excluding carboxylic acids is 1. The lowest BCUT2D eigenvalue weighted by Crippen LogP contribution is -2.49. The Kier molecular flexibility index (Phi) is 3.78. The summed E-state index contributed by atoms with van der Waals surface area (Å²) in [5, 5.41) is 11.6. The monoisotopic (exact) mass is 228 g/mol. The van der Waals surface area contributed by atoms with Gasteiger partial charge in [-0.1, -0.05) is 0 Å². The predicted octanol–water partition coefficient (Wildman–Crippen LogP) is 1.43. The zero-order valence-corrected chi connectivity index (χ0v) is 10.1. The zero-order chi connectivity index (χ0) is 12.3. The van der Waals surface area contributed by atoms with Gasteiger partial charge in [0.2, 0.25) is 0 Å². The van der Waals surface area contributed by atoms with Crippen LogP contribution in [0.1, 0.15) is 40.0 Å². The van der Waals surface area contributed by atoms with Crippen LogP contribution in [0.15, 0.2) is 0 Å². The summed E-state index contributed by atoms with van der Waals surface area (Å²) in [6.07, 6.45) is 1.99. The Morgan fingerprint density at radius 3 is 2.44 bits per heavy atom. The van der Waals surface area contributed by atoms with Crippen molar-refractivity contribution < 1.29 is 14.7 Å². The molecule has 0 aromatic rings. The molecule has 0 aromatic heterocycles. The molecule has 1 aliphatic rings. The predicted molar refractivity (Wildman–Crippen MR) is 60.3 cm³/mol. The maximum Gasteiger partial charge on any atom is 0.318 e. The Morgan fingerprint density at radius 1 is 1.50 bits per heavy atom. The highest BCUT2D eigenvalue weighted by molar-refractivity contribution is 5.77. The number of nitrogens with one attached hydrogen (secondary N) is 1. The fraction of sp³-hybridized carbons (Fsp3) is 0.818. The van der Waals surface area contributed by atoms with Gasteiger partial charge in [0.25, 0.3) is 0 Å². The van der Waals surface area contributed by atoms with E-state index in [0.717, 1.165) is 12.8 Å². The molecule has 1 rings (SSSR count). The summed E-state index contributed by atoms with van der Waals surface area (Å²) in [5.41, 5.74) is -0.0621. The fourth-order valence-electron chi connectivity index (χ4n) is 1.66. The average Bonchev–Trinajstić information content (AvgIpc) is 2.82. The van der Waals surface area contributed by atoms with Crippen molar-refractivity contribution in [3.63, 3.8) is 0 Å². The van der Waals surface area contributed by atoms with E-state index >= 15 is 0 Å². The summed E-state index contributed by atoms with van der Waals surface area (Å²) in [5.74, 6) is -0.878. The maximum atomic E-state index is 11.9. The Hall–Kier alpha value is -1.26. The molecular formula is C11H20N2O3. The van der Waals surface area contributed by atoms with Gasteiger partial charge in [-0.25, -0.2) is 4.79 Å². The van der Waals surface area contributed by atoms with Gasteiger partial charge in [-0.15, -0.1) is 0 Å². The Labute approximate surface area is 95.8 Å². The molecule has 2 N–H and O–H groups in total. The number of urea groups is 1. The number of amides is 2. The molecule has 5 nitrogen and oxygen atoms in total. The van der Waals surface area contributed by atoms with Gasteiger partial charge in [-0.3, -0.25) is 4.79 Å². The molecule has 0 bridgehead atoms. The van der Waals surface area contributed by atoms with Crippen molar-refractivity contribution in [1.29, 1.82) is 0 Å². The number of rotatable bonds is 5. The van der Waals surface area contributed by atoms with Gasteiger partial charge in [0.05, 0.1) is 6.42 Å². The Balaban J connectivity index is 2.51. The zero-order valence-electron chi connectivity index (χ0n) is 10.1. The molecule has 16 heavy (non-hydrogen) atoms. The number of carboxylic acids is 1. The second kappa shape index (κ2) is 4.72. The molecule has 5 heteroatoms. The Bertz CT molecular complexity index is 287. The number of nitrogens with zero attached hydrogens (tertiary/aromatic N) is 1. The molecule has 0 saturated heterocycles. The number of hydrogen-bond acceptors (Lipinski definition) is 2. The number of hydrogen-bond donors (Lipinski definition) is 2. The van der Waals surface area contributed by atoms with E-state index in [2.05, 4.69) is 5.32 Å². The van der Waals surface area contributed by atoms with Crippen LogP contribution in [0.3, 0.4) is 0 Å². The highest BCUT2D eigenvalue weighted by Crippen LogP contribution is 2.34. The third kappa shape index (κ3) is 3.40. The summed E-state index contributed by atoms with van der Waals surface area (Å²) >= 11 is 0. The van der Waals surface area contributed by atoms with Gasteiger partial charge in [0.1, 0.15) is 0 Å². The van der Waals surface area contributed by atoms with Crippen LogP contribution in [-0.2, 0) is 4.79 Å². The van der Waals surface area contributed by atoms with Crippen molar-refractivity contribution >= 4 is 12.0 Å². The van der Waals surface area contributed by atoms with Gasteiger partial charge in [-0.2, -0.15) is 0 Å². The second-order valence-corrected chi connectivity index (χ2v) is 4.72. The van der Waals surface area contributed by atoms with E-state index in [-0.39, 0.29) is 24.0 Å². The lowest BCUT2D eigenvalue weighted by molar-refractivity contribution is -0.138. The molecular weight excluding hydrogens is 208 g/mol. The minimum atomic E-state index is -0.878. The largest absolute Gasteiger partial charge is 0.481 e. The lowest BCUT2D eigenvalue weighted by Gasteiger charge is -2.28. The number of carboxylic acid groups (broad SMARTS) is 1. The highest BCUT2D eigenvalue weighted by atomic mass is 16.4. The van der Waals surface area contributed by atoms with E-state index in [4.69, 9.17) is 5.11 Å². The maximum absolute atomic E-state index is 11.9. The van der Waals surface area contributed by atoms with Crippen LogP contribution in [0.4, 0.5) is 4.79 Å². The second-order valence-electron chi connectivity index (χ2n) is 4.72. The minimum Gasteiger partial charge on any atom is -0.481 e. The summed E-state index contributed by atoms with van der Waals surface area (Å²) < 4.78 is 0. The van der Waals surface area contributed by atoms with E-state index in [1.807, 2.05) is 13.8 Å². The fourth-order valence-corrected chi connectivity index (χ4v) is 1.66. The summed E-state index contributed by atoms with van der Waals surface area (Å²) in [6, 6.07) is -0.430. The highest BCUT2D eigenvalue weighted by Gasteiger charge is 2.40. The smallest absolute Gasteiger partial charge is 0.318 e. The van der Waals surface area contributed by atoms with Crippen molar-refractivity contribution in [1.82, 2.24) is 10.2 Å². The first-order valence-electron chi connectivity index (χ1n) is 5.68. The molecule has 92 valence electrons. The molecule has 1 saturated carbocycles. The summed E-state index contributed by atoms with van der Waals surface area (Å²) in [4.78, 5) is 24.0. The van der Waals surface area contributed by atoms with Gasteiger partial charge >= 0.3 is 12.0 Å². The summed E-state index contributed by atoms with van der Waals surface area (Å²) in [7, 11) is 0. The third-order valence-corrected chi connectivity index (χ3v) is 3.01. The molecule has 1 unspecified atom stereocenters. The minimum absolute atomic E-state index is 0.0159. The normalized spacial score (nSPS) is 18.7. The van der Waals surface area contributed by atoms with E-state index in [1.54, 1.807) is 11.8 Å². The third-order valence-electron chi connectivity index (χ3n) is 3.01. The number of aliphatic carboxylic acids is 1. The van der Waals surface area contributed by atoms with Crippen LogP contribution < -0.4 is 5.32 Å². The van der Waals surface area contributed by atoms with Crippen molar-refractivity contribution in [2.45, 2.75) is 51.6 Å². The molecule has 1 atom stereocenters. The van der Waals surface area contributed by atoms with Gasteiger partial charge < -0.3 is 15.3 Å². The molecule has 2 amide bonds. The van der Waals surface area contributed by atoms with Crippen LogP contribution in [0.25, 0.3) is 0 Å². The van der Waals surface area contributed by atoms with Gasteiger partial charge in [0.15, 0.2) is 0 Å². The molecule has 0 radical (unpaired) electrons. The van der Waals surface area contributed by atoms with Crippen LogP contribution in [0.2, 0.25) is 0 Å². The lowest BCUT2D eigenvalue weighted by atomic mass is 10.2. The molecule has 0 aliphatic heterocycles. The molecule has 0 spiro atoms. The molecule has 1 fully saturated rings. The molecule has 0 heterocycles. The first-order chi connectivity index (χ1) is 7.38. The first kappa shape index (κ1) is 12.8.